The summed E-state index contributed by atoms with van der Waals surface area (Å²) in [7, 11) is 1.30. The summed E-state index contributed by atoms with van der Waals surface area (Å²) in [6.07, 6.45) is 0.349. The Kier molecular flexibility index (Phi) is 5.65. The van der Waals surface area contributed by atoms with Gasteiger partial charge in [-0.25, -0.2) is 9.18 Å². The lowest BCUT2D eigenvalue weighted by atomic mass is 10.0. The summed E-state index contributed by atoms with van der Waals surface area (Å²) < 4.78 is 18.6. The molecule has 0 heterocycles. The Labute approximate surface area is 139 Å². The molecule has 0 radical (unpaired) electrons. The molecular formula is C17H17FN2O2S. The molecule has 0 saturated heterocycles. The van der Waals surface area contributed by atoms with Gasteiger partial charge < -0.3 is 15.8 Å². The smallest absolute Gasteiger partial charge is 0.328 e. The van der Waals surface area contributed by atoms with E-state index in [-0.39, 0.29) is 10.6 Å². The minimum atomic E-state index is -0.712. The molecule has 0 bridgehead atoms. The van der Waals surface area contributed by atoms with Crippen molar-refractivity contribution in [3.8, 4) is 0 Å². The van der Waals surface area contributed by atoms with Gasteiger partial charge in [0.1, 0.15) is 16.8 Å². The maximum atomic E-state index is 13.8. The van der Waals surface area contributed by atoms with E-state index in [1.165, 1.54) is 13.2 Å². The number of rotatable bonds is 5. The van der Waals surface area contributed by atoms with Crippen LogP contribution in [-0.4, -0.2) is 24.1 Å². The Morgan fingerprint density at radius 1 is 1.26 bits per heavy atom. The number of thiocarbonyl (C=S) groups is 1. The van der Waals surface area contributed by atoms with E-state index >= 15 is 0 Å². The number of nitrogens with one attached hydrogen (secondary N) is 1. The third kappa shape index (κ3) is 4.50. The summed E-state index contributed by atoms with van der Waals surface area (Å²) in [6.45, 7) is 0. The number of carbonyl (C=O) groups excluding carboxylic acids is 1. The summed E-state index contributed by atoms with van der Waals surface area (Å²) in [5, 5.41) is 2.87. The van der Waals surface area contributed by atoms with Gasteiger partial charge in [0, 0.05) is 17.7 Å². The lowest BCUT2D eigenvalue weighted by Gasteiger charge is -2.18. The van der Waals surface area contributed by atoms with Gasteiger partial charge in [-0.3, -0.25) is 0 Å². The summed E-state index contributed by atoms with van der Waals surface area (Å²) in [4.78, 5) is 12.1. The van der Waals surface area contributed by atoms with Gasteiger partial charge in [-0.1, -0.05) is 36.5 Å². The molecule has 6 heteroatoms. The standard InChI is InChI=1S/C17H17FN2O2S/c1-22-17(21)15(10-11-6-8-12(19)9-7-11)20-16(23)13-4-2-3-5-14(13)18/h2-9,15H,10,19H2,1H3,(H,20,23). The van der Waals surface area contributed by atoms with Gasteiger partial charge >= 0.3 is 5.97 Å². The molecular weight excluding hydrogens is 315 g/mol. The van der Waals surface area contributed by atoms with Crippen LogP contribution in [0.1, 0.15) is 11.1 Å². The molecule has 0 aromatic heterocycles. The molecule has 2 aromatic carbocycles. The van der Waals surface area contributed by atoms with Gasteiger partial charge in [0.25, 0.3) is 0 Å². The van der Waals surface area contributed by atoms with Crippen molar-refractivity contribution in [3.63, 3.8) is 0 Å². The first-order valence-corrected chi connectivity index (χ1v) is 7.39. The van der Waals surface area contributed by atoms with Crippen molar-refractivity contribution >= 4 is 28.9 Å². The molecule has 4 nitrogen and oxygen atoms in total. The molecule has 0 amide bonds. The van der Waals surface area contributed by atoms with Gasteiger partial charge in [-0.15, -0.1) is 0 Å². The van der Waals surface area contributed by atoms with Crippen LogP contribution >= 0.6 is 12.2 Å². The molecule has 1 unspecified atom stereocenters. The first-order chi connectivity index (χ1) is 11.0. The molecule has 23 heavy (non-hydrogen) atoms. The molecule has 120 valence electrons. The molecule has 3 N–H and O–H groups in total. The van der Waals surface area contributed by atoms with E-state index in [4.69, 9.17) is 22.7 Å². The van der Waals surface area contributed by atoms with Crippen LogP contribution in [0.15, 0.2) is 48.5 Å². The minimum Gasteiger partial charge on any atom is -0.467 e. The van der Waals surface area contributed by atoms with Crippen molar-refractivity contribution < 1.29 is 13.9 Å². The zero-order valence-electron chi connectivity index (χ0n) is 12.6. The number of nitrogens with two attached hydrogens (primary N) is 1. The van der Waals surface area contributed by atoms with Crippen molar-refractivity contribution in [2.24, 2.45) is 0 Å². The van der Waals surface area contributed by atoms with Gasteiger partial charge in [-0.2, -0.15) is 0 Å². The maximum absolute atomic E-state index is 13.8. The number of hydrogen-bond donors (Lipinski definition) is 2. The fraction of sp³-hybridized carbons (Fsp3) is 0.176. The Bertz CT molecular complexity index is 704. The van der Waals surface area contributed by atoms with Crippen LogP contribution in [0.3, 0.4) is 0 Å². The summed E-state index contributed by atoms with van der Waals surface area (Å²) >= 11 is 5.21. The summed E-state index contributed by atoms with van der Waals surface area (Å²) in [5.41, 5.74) is 7.42. The Morgan fingerprint density at radius 2 is 1.91 bits per heavy atom. The second kappa shape index (κ2) is 7.69. The van der Waals surface area contributed by atoms with Crippen molar-refractivity contribution in [2.45, 2.75) is 12.5 Å². The quantitative estimate of drug-likeness (QED) is 0.500. The van der Waals surface area contributed by atoms with Crippen LogP contribution in [0, 0.1) is 5.82 Å². The van der Waals surface area contributed by atoms with Crippen LogP contribution in [0.5, 0.6) is 0 Å². The van der Waals surface area contributed by atoms with E-state index < -0.39 is 17.8 Å². The predicted octanol–water partition coefficient (Wildman–Crippen LogP) is 2.46. The summed E-state index contributed by atoms with van der Waals surface area (Å²) in [6, 6.07) is 12.6. The maximum Gasteiger partial charge on any atom is 0.328 e. The fourth-order valence-electron chi connectivity index (χ4n) is 2.11. The van der Waals surface area contributed by atoms with Gasteiger partial charge in [0.05, 0.1) is 7.11 Å². The lowest BCUT2D eigenvalue weighted by molar-refractivity contribution is -0.142. The number of anilines is 1. The number of ether oxygens (including phenoxy) is 1. The first kappa shape index (κ1) is 16.9. The average Bonchev–Trinajstić information content (AvgIpc) is 2.55. The van der Waals surface area contributed by atoms with Crippen LogP contribution in [0.4, 0.5) is 10.1 Å². The Morgan fingerprint density at radius 3 is 2.52 bits per heavy atom. The monoisotopic (exact) mass is 332 g/mol. The minimum absolute atomic E-state index is 0.161. The fourth-order valence-corrected chi connectivity index (χ4v) is 2.41. The van der Waals surface area contributed by atoms with E-state index in [0.717, 1.165) is 5.56 Å². The SMILES string of the molecule is COC(=O)C(Cc1ccc(N)cc1)NC(=S)c1ccccc1F. The molecule has 0 aliphatic carbocycles. The van der Waals surface area contributed by atoms with Crippen molar-refractivity contribution in [2.75, 3.05) is 12.8 Å². The largest absolute Gasteiger partial charge is 0.467 e. The van der Waals surface area contributed by atoms with Gasteiger partial charge in [0.15, 0.2) is 0 Å². The third-order valence-electron chi connectivity index (χ3n) is 3.33. The number of methoxy groups -OCH3 is 1. The number of benzene rings is 2. The van der Waals surface area contributed by atoms with Gasteiger partial charge in [-0.05, 0) is 29.8 Å². The molecule has 1 atom stereocenters. The predicted molar refractivity (Wildman–Crippen MR) is 91.6 cm³/mol. The van der Waals surface area contributed by atoms with Gasteiger partial charge in [0.2, 0.25) is 0 Å². The number of carbonyl (C=O) groups is 1. The van der Waals surface area contributed by atoms with Crippen molar-refractivity contribution in [3.05, 3.63) is 65.5 Å². The van der Waals surface area contributed by atoms with E-state index in [9.17, 15) is 9.18 Å². The highest BCUT2D eigenvalue weighted by Gasteiger charge is 2.22. The highest BCUT2D eigenvalue weighted by Crippen LogP contribution is 2.11. The number of hydrogen-bond acceptors (Lipinski definition) is 4. The second-order valence-corrected chi connectivity index (χ2v) is 5.38. The Hall–Kier alpha value is -2.47. The van der Waals surface area contributed by atoms with E-state index in [0.29, 0.717) is 12.1 Å². The Balaban J connectivity index is 2.15. The topological polar surface area (TPSA) is 64.3 Å². The zero-order chi connectivity index (χ0) is 16.8. The first-order valence-electron chi connectivity index (χ1n) is 6.99. The van der Waals surface area contributed by atoms with E-state index in [1.54, 1.807) is 30.3 Å². The number of nitrogen functional groups attached to an aromatic ring is 1. The third-order valence-corrected chi connectivity index (χ3v) is 3.67. The summed E-state index contributed by atoms with van der Waals surface area (Å²) in [5.74, 6) is -0.915. The zero-order valence-corrected chi connectivity index (χ0v) is 13.4. The molecule has 0 fully saturated rings. The van der Waals surface area contributed by atoms with E-state index in [2.05, 4.69) is 5.32 Å². The molecule has 2 rings (SSSR count). The normalized spacial score (nSPS) is 11.6. The number of halogens is 1. The van der Waals surface area contributed by atoms with Crippen molar-refractivity contribution in [1.29, 1.82) is 0 Å². The van der Waals surface area contributed by atoms with Crippen LogP contribution in [0.25, 0.3) is 0 Å². The second-order valence-electron chi connectivity index (χ2n) is 4.97. The molecule has 2 aromatic rings. The van der Waals surface area contributed by atoms with Crippen molar-refractivity contribution in [1.82, 2.24) is 5.32 Å². The lowest BCUT2D eigenvalue weighted by Crippen LogP contribution is -2.42. The highest BCUT2D eigenvalue weighted by molar-refractivity contribution is 7.80. The molecule has 0 spiro atoms. The number of esters is 1. The molecule has 0 aliphatic rings. The van der Waals surface area contributed by atoms with E-state index in [1.807, 2.05) is 12.1 Å². The highest BCUT2D eigenvalue weighted by atomic mass is 32.1. The molecule has 0 saturated carbocycles. The molecule has 0 aliphatic heterocycles. The van der Waals surface area contributed by atoms with Crippen LogP contribution in [-0.2, 0) is 16.0 Å². The van der Waals surface area contributed by atoms with Crippen LogP contribution in [0.2, 0.25) is 0 Å². The van der Waals surface area contributed by atoms with Crippen LogP contribution < -0.4 is 11.1 Å². The average molecular weight is 332 g/mol.